The van der Waals surface area contributed by atoms with E-state index in [1.807, 2.05) is 0 Å². The third-order valence-corrected chi connectivity index (χ3v) is 2.50. The van der Waals surface area contributed by atoms with Crippen LogP contribution in [0.3, 0.4) is 0 Å². The normalized spacial score (nSPS) is 10.2. The Balaban J connectivity index is 2.30. The molecule has 0 radical (unpaired) electrons. The van der Waals surface area contributed by atoms with Crippen LogP contribution in [0.4, 0.5) is 5.69 Å². The van der Waals surface area contributed by atoms with Crippen LogP contribution in [0.5, 0.6) is 0 Å². The Kier molecular flexibility index (Phi) is 3.48. The lowest BCUT2D eigenvalue weighted by atomic mass is 10.2. The summed E-state index contributed by atoms with van der Waals surface area (Å²) in [6.07, 6.45) is 0. The molecule has 0 aliphatic heterocycles. The van der Waals surface area contributed by atoms with E-state index >= 15 is 0 Å². The molecule has 2 aromatic rings. The summed E-state index contributed by atoms with van der Waals surface area (Å²) in [5, 5.41) is 17.9. The fourth-order valence-electron chi connectivity index (χ4n) is 1.43. The van der Waals surface area contributed by atoms with Gasteiger partial charge in [0.15, 0.2) is 0 Å². The number of aryl methyl sites for hydroxylation is 1. The average molecular weight is 281 g/mol. The summed E-state index contributed by atoms with van der Waals surface area (Å²) in [5.41, 5.74) is 0.0254. The summed E-state index contributed by atoms with van der Waals surface area (Å²) in [6.45, 7) is 1.64. The molecular formula is C11H9ClN4O3. The second-order valence-electron chi connectivity index (χ2n) is 3.69. The molecule has 0 fully saturated rings. The monoisotopic (exact) mass is 280 g/mol. The first-order valence-electron chi connectivity index (χ1n) is 5.20. The van der Waals surface area contributed by atoms with E-state index in [-0.39, 0.29) is 17.1 Å². The van der Waals surface area contributed by atoms with Crippen LogP contribution in [0.15, 0.2) is 18.2 Å². The number of halogens is 1. The molecule has 1 amide bonds. The van der Waals surface area contributed by atoms with Gasteiger partial charge in [0.05, 0.1) is 11.3 Å². The third-order valence-electron chi connectivity index (χ3n) is 2.26. The largest absolute Gasteiger partial charge is 0.478 e. The molecule has 0 aliphatic carbocycles. The highest BCUT2D eigenvalue weighted by Crippen LogP contribution is 2.21. The van der Waals surface area contributed by atoms with Gasteiger partial charge in [-0.3, -0.25) is 9.89 Å². The van der Waals surface area contributed by atoms with Crippen molar-refractivity contribution in [3.05, 3.63) is 40.4 Å². The third kappa shape index (κ3) is 2.89. The van der Waals surface area contributed by atoms with Crippen LogP contribution >= 0.6 is 11.6 Å². The van der Waals surface area contributed by atoms with Gasteiger partial charge in [0.1, 0.15) is 5.82 Å². The number of rotatable bonds is 3. The number of hydrogen-bond acceptors (Lipinski definition) is 4. The zero-order chi connectivity index (χ0) is 14.0. The molecular weight excluding hydrogens is 272 g/mol. The Morgan fingerprint density at radius 2 is 2.16 bits per heavy atom. The van der Waals surface area contributed by atoms with Crippen LogP contribution < -0.4 is 5.32 Å². The molecule has 19 heavy (non-hydrogen) atoms. The molecule has 1 heterocycles. The van der Waals surface area contributed by atoms with Gasteiger partial charge < -0.3 is 10.4 Å². The number of hydrogen-bond donors (Lipinski definition) is 3. The number of carboxylic acid groups (broad SMARTS) is 1. The van der Waals surface area contributed by atoms with Crippen LogP contribution in [0.2, 0.25) is 5.02 Å². The minimum atomic E-state index is -1.17. The van der Waals surface area contributed by atoms with E-state index in [1.54, 1.807) is 6.92 Å². The van der Waals surface area contributed by atoms with Crippen molar-refractivity contribution in [1.82, 2.24) is 15.2 Å². The fraction of sp³-hybridized carbons (Fsp3) is 0.0909. The molecule has 3 N–H and O–H groups in total. The van der Waals surface area contributed by atoms with Crippen LogP contribution in [-0.2, 0) is 0 Å². The van der Waals surface area contributed by atoms with Gasteiger partial charge >= 0.3 is 5.97 Å². The van der Waals surface area contributed by atoms with E-state index in [1.165, 1.54) is 18.2 Å². The van der Waals surface area contributed by atoms with E-state index in [0.29, 0.717) is 10.8 Å². The molecule has 0 spiro atoms. The summed E-state index contributed by atoms with van der Waals surface area (Å²) in [5.74, 6) is -1.38. The highest BCUT2D eigenvalue weighted by Gasteiger charge is 2.16. The van der Waals surface area contributed by atoms with Crippen molar-refractivity contribution in [1.29, 1.82) is 0 Å². The molecule has 2 rings (SSSR count). The maximum atomic E-state index is 11.8. The quantitative estimate of drug-likeness (QED) is 0.793. The Morgan fingerprint density at radius 3 is 2.74 bits per heavy atom. The van der Waals surface area contributed by atoms with Crippen LogP contribution in [-0.4, -0.2) is 32.2 Å². The molecule has 0 saturated carbocycles. The molecule has 0 atom stereocenters. The number of aromatic carboxylic acids is 1. The number of aromatic amines is 1. The van der Waals surface area contributed by atoms with Gasteiger partial charge in [0.2, 0.25) is 5.82 Å². The molecule has 0 bridgehead atoms. The maximum Gasteiger partial charge on any atom is 0.337 e. The molecule has 0 saturated heterocycles. The zero-order valence-corrected chi connectivity index (χ0v) is 10.5. The SMILES string of the molecule is Cc1nc(C(=O)Nc2cc(Cl)ccc2C(=O)O)n[nH]1. The van der Waals surface area contributed by atoms with Crippen molar-refractivity contribution >= 4 is 29.2 Å². The first-order valence-corrected chi connectivity index (χ1v) is 5.58. The van der Waals surface area contributed by atoms with Crippen LogP contribution in [0.25, 0.3) is 0 Å². The number of benzene rings is 1. The van der Waals surface area contributed by atoms with E-state index < -0.39 is 11.9 Å². The van der Waals surface area contributed by atoms with E-state index in [0.717, 1.165) is 0 Å². The van der Waals surface area contributed by atoms with Crippen molar-refractivity contribution in [2.75, 3.05) is 5.32 Å². The minimum absolute atomic E-state index is 0.0648. The molecule has 8 heteroatoms. The molecule has 0 unspecified atom stereocenters. The Hall–Kier alpha value is -2.41. The predicted octanol–water partition coefficient (Wildman–Crippen LogP) is 1.72. The summed E-state index contributed by atoms with van der Waals surface area (Å²) < 4.78 is 0. The van der Waals surface area contributed by atoms with Gasteiger partial charge in [-0.1, -0.05) is 11.6 Å². The van der Waals surface area contributed by atoms with Crippen molar-refractivity contribution in [3.63, 3.8) is 0 Å². The van der Waals surface area contributed by atoms with Crippen molar-refractivity contribution in [2.24, 2.45) is 0 Å². The summed E-state index contributed by atoms with van der Waals surface area (Å²) in [6, 6.07) is 4.09. The minimum Gasteiger partial charge on any atom is -0.478 e. The fourth-order valence-corrected chi connectivity index (χ4v) is 1.60. The lowest BCUT2D eigenvalue weighted by Crippen LogP contribution is -2.16. The van der Waals surface area contributed by atoms with Crippen molar-refractivity contribution < 1.29 is 14.7 Å². The standard InChI is InChI=1S/C11H9ClN4O3/c1-5-13-9(16-15-5)10(17)14-8-4-6(12)2-3-7(8)11(18)19/h2-4H,1H3,(H,14,17)(H,18,19)(H,13,15,16). The van der Waals surface area contributed by atoms with Crippen molar-refractivity contribution in [3.8, 4) is 0 Å². The number of H-pyrrole nitrogens is 1. The van der Waals surface area contributed by atoms with Crippen molar-refractivity contribution in [2.45, 2.75) is 6.92 Å². The number of carbonyl (C=O) groups is 2. The number of carbonyl (C=O) groups excluding carboxylic acids is 1. The highest BCUT2D eigenvalue weighted by molar-refractivity contribution is 6.31. The maximum absolute atomic E-state index is 11.8. The van der Waals surface area contributed by atoms with Gasteiger partial charge in [-0.05, 0) is 25.1 Å². The Morgan fingerprint density at radius 1 is 1.42 bits per heavy atom. The van der Waals surface area contributed by atoms with E-state index in [4.69, 9.17) is 16.7 Å². The lowest BCUT2D eigenvalue weighted by molar-refractivity contribution is 0.0698. The van der Waals surface area contributed by atoms with Crippen LogP contribution in [0.1, 0.15) is 26.8 Å². The van der Waals surface area contributed by atoms with Gasteiger partial charge in [-0.25, -0.2) is 9.78 Å². The number of nitrogens with one attached hydrogen (secondary N) is 2. The van der Waals surface area contributed by atoms with E-state index in [9.17, 15) is 9.59 Å². The van der Waals surface area contributed by atoms with Crippen LogP contribution in [0, 0.1) is 6.92 Å². The molecule has 1 aromatic carbocycles. The number of carboxylic acids is 1. The summed E-state index contributed by atoms with van der Waals surface area (Å²) in [4.78, 5) is 26.7. The topological polar surface area (TPSA) is 108 Å². The van der Waals surface area contributed by atoms with E-state index in [2.05, 4.69) is 20.5 Å². The first kappa shape index (κ1) is 13.0. The number of anilines is 1. The highest BCUT2D eigenvalue weighted by atomic mass is 35.5. The number of amides is 1. The van der Waals surface area contributed by atoms with Gasteiger partial charge in [-0.2, -0.15) is 0 Å². The first-order chi connectivity index (χ1) is 8.97. The van der Waals surface area contributed by atoms with Gasteiger partial charge in [0, 0.05) is 5.02 Å². The number of nitrogens with zero attached hydrogens (tertiary/aromatic N) is 2. The Bertz CT molecular complexity index is 653. The molecule has 0 aliphatic rings. The average Bonchev–Trinajstić information content (AvgIpc) is 2.75. The van der Waals surface area contributed by atoms with Gasteiger partial charge in [0.25, 0.3) is 5.91 Å². The molecule has 98 valence electrons. The zero-order valence-electron chi connectivity index (χ0n) is 9.77. The Labute approximate surface area is 112 Å². The smallest absolute Gasteiger partial charge is 0.337 e. The second-order valence-corrected chi connectivity index (χ2v) is 4.13. The lowest BCUT2D eigenvalue weighted by Gasteiger charge is -2.07. The van der Waals surface area contributed by atoms with Gasteiger partial charge in [-0.15, -0.1) is 5.10 Å². The summed E-state index contributed by atoms with van der Waals surface area (Å²) in [7, 11) is 0. The molecule has 1 aromatic heterocycles. The second kappa shape index (κ2) is 5.07. The summed E-state index contributed by atoms with van der Waals surface area (Å²) >= 11 is 5.77. The number of aromatic nitrogens is 3. The molecule has 7 nitrogen and oxygen atoms in total. The predicted molar refractivity (Wildman–Crippen MR) is 67.5 cm³/mol.